The molecule has 2 saturated carbocycles. The molecule has 2 nitrogen and oxygen atoms in total. The molecule has 0 bridgehead atoms. The topological polar surface area (TPSA) is 29.5 Å². The number of aliphatic hydroxyl groups is 1. The lowest BCUT2D eigenvalue weighted by atomic mass is 9.88. The van der Waals surface area contributed by atoms with E-state index in [1.54, 1.807) is 0 Å². The minimum absolute atomic E-state index is 0.0315. The highest BCUT2D eigenvalue weighted by atomic mass is 16.5. The fraction of sp³-hybridized carbons (Fsp3) is 1.00. The van der Waals surface area contributed by atoms with Crippen molar-refractivity contribution in [3.63, 3.8) is 0 Å². The van der Waals surface area contributed by atoms with E-state index in [1.807, 2.05) is 0 Å². The summed E-state index contributed by atoms with van der Waals surface area (Å²) in [5.41, 5.74) is 0. The standard InChI is InChI=1S/C13H24O2/c14-12-8-6-11(7-9-12)10-15-13-4-2-1-3-5-13/h11-14H,1-10H2. The summed E-state index contributed by atoms with van der Waals surface area (Å²) in [6, 6.07) is 0. The van der Waals surface area contributed by atoms with Gasteiger partial charge in [-0.15, -0.1) is 0 Å². The Hall–Kier alpha value is -0.0800. The van der Waals surface area contributed by atoms with Crippen molar-refractivity contribution >= 4 is 0 Å². The Labute approximate surface area is 93.0 Å². The third kappa shape index (κ3) is 3.76. The second-order valence-corrected chi connectivity index (χ2v) is 5.27. The second-order valence-electron chi connectivity index (χ2n) is 5.27. The molecule has 0 aliphatic heterocycles. The SMILES string of the molecule is OC1CCC(COC2CCCCC2)CC1. The average molecular weight is 212 g/mol. The Bertz CT molecular complexity index is 167. The second kappa shape index (κ2) is 5.86. The van der Waals surface area contributed by atoms with Crippen LogP contribution in [0.4, 0.5) is 0 Å². The average Bonchev–Trinajstić information content (AvgIpc) is 2.30. The molecule has 0 aromatic rings. The molecule has 0 unspecified atom stereocenters. The summed E-state index contributed by atoms with van der Waals surface area (Å²) in [6.45, 7) is 0.942. The normalized spacial score (nSPS) is 34.2. The zero-order valence-corrected chi connectivity index (χ0v) is 9.66. The van der Waals surface area contributed by atoms with Crippen LogP contribution in [-0.2, 0) is 4.74 Å². The van der Waals surface area contributed by atoms with Gasteiger partial charge in [-0.2, -0.15) is 0 Å². The van der Waals surface area contributed by atoms with Crippen LogP contribution in [-0.4, -0.2) is 23.9 Å². The van der Waals surface area contributed by atoms with E-state index < -0.39 is 0 Å². The third-order valence-electron chi connectivity index (χ3n) is 3.94. The molecule has 0 radical (unpaired) electrons. The van der Waals surface area contributed by atoms with Gasteiger partial charge in [0, 0.05) is 6.61 Å². The lowest BCUT2D eigenvalue weighted by Gasteiger charge is -2.28. The predicted molar refractivity (Wildman–Crippen MR) is 60.8 cm³/mol. The van der Waals surface area contributed by atoms with Gasteiger partial charge in [-0.3, -0.25) is 0 Å². The first-order valence-electron chi connectivity index (χ1n) is 6.64. The van der Waals surface area contributed by atoms with Crippen molar-refractivity contribution in [1.29, 1.82) is 0 Å². The fourth-order valence-corrected chi connectivity index (χ4v) is 2.82. The maximum atomic E-state index is 9.40. The molecule has 2 aliphatic carbocycles. The highest BCUT2D eigenvalue weighted by molar-refractivity contribution is 4.72. The molecule has 0 amide bonds. The molecule has 0 heterocycles. The van der Waals surface area contributed by atoms with Gasteiger partial charge in [-0.25, -0.2) is 0 Å². The van der Waals surface area contributed by atoms with Gasteiger partial charge in [0.05, 0.1) is 12.2 Å². The Morgan fingerprint density at radius 1 is 0.867 bits per heavy atom. The number of aliphatic hydroxyl groups excluding tert-OH is 1. The molecule has 2 rings (SSSR count). The van der Waals surface area contributed by atoms with E-state index in [4.69, 9.17) is 4.74 Å². The summed E-state index contributed by atoms with van der Waals surface area (Å²) >= 11 is 0. The van der Waals surface area contributed by atoms with Gasteiger partial charge in [-0.1, -0.05) is 19.3 Å². The summed E-state index contributed by atoms with van der Waals surface area (Å²) in [4.78, 5) is 0. The van der Waals surface area contributed by atoms with Gasteiger partial charge < -0.3 is 9.84 Å². The van der Waals surface area contributed by atoms with E-state index in [9.17, 15) is 5.11 Å². The van der Waals surface area contributed by atoms with Crippen molar-refractivity contribution in [3.8, 4) is 0 Å². The summed E-state index contributed by atoms with van der Waals surface area (Å²) in [6.07, 6.45) is 11.5. The smallest absolute Gasteiger partial charge is 0.0575 e. The Balaban J connectivity index is 1.60. The third-order valence-corrected chi connectivity index (χ3v) is 3.94. The van der Waals surface area contributed by atoms with Crippen LogP contribution in [0.25, 0.3) is 0 Å². The number of rotatable bonds is 3. The summed E-state index contributed by atoms with van der Waals surface area (Å²) in [5, 5.41) is 9.40. The van der Waals surface area contributed by atoms with Gasteiger partial charge in [0.1, 0.15) is 0 Å². The van der Waals surface area contributed by atoms with E-state index in [2.05, 4.69) is 0 Å². The first kappa shape index (κ1) is 11.4. The highest BCUT2D eigenvalue weighted by Crippen LogP contribution is 2.26. The quantitative estimate of drug-likeness (QED) is 0.779. The lowest BCUT2D eigenvalue weighted by Crippen LogP contribution is -2.25. The molecule has 0 aromatic carbocycles. The summed E-state index contributed by atoms with van der Waals surface area (Å²) < 4.78 is 5.98. The molecular formula is C13H24O2. The monoisotopic (exact) mass is 212 g/mol. The largest absolute Gasteiger partial charge is 0.393 e. The number of ether oxygens (including phenoxy) is 1. The van der Waals surface area contributed by atoms with Crippen LogP contribution in [0.15, 0.2) is 0 Å². The molecule has 2 heteroatoms. The van der Waals surface area contributed by atoms with E-state index in [0.29, 0.717) is 6.10 Å². The molecular weight excluding hydrogens is 188 g/mol. The Morgan fingerprint density at radius 3 is 2.20 bits per heavy atom. The summed E-state index contributed by atoms with van der Waals surface area (Å²) in [5.74, 6) is 0.718. The van der Waals surface area contributed by atoms with Crippen LogP contribution in [0, 0.1) is 5.92 Å². The Kier molecular flexibility index (Phi) is 4.45. The molecule has 0 saturated heterocycles. The van der Waals surface area contributed by atoms with Crippen molar-refractivity contribution in [2.45, 2.75) is 70.0 Å². The molecule has 2 aliphatic rings. The zero-order valence-electron chi connectivity index (χ0n) is 9.66. The van der Waals surface area contributed by atoms with Crippen LogP contribution in [0.3, 0.4) is 0 Å². The van der Waals surface area contributed by atoms with E-state index in [0.717, 1.165) is 38.2 Å². The number of hydrogen-bond donors (Lipinski definition) is 1. The van der Waals surface area contributed by atoms with E-state index in [1.165, 1.54) is 32.1 Å². The van der Waals surface area contributed by atoms with Crippen LogP contribution < -0.4 is 0 Å². The van der Waals surface area contributed by atoms with Crippen molar-refractivity contribution < 1.29 is 9.84 Å². The maximum absolute atomic E-state index is 9.40. The molecule has 15 heavy (non-hydrogen) atoms. The van der Waals surface area contributed by atoms with Crippen LogP contribution >= 0.6 is 0 Å². The van der Waals surface area contributed by atoms with Crippen LogP contribution in [0.2, 0.25) is 0 Å². The molecule has 2 fully saturated rings. The summed E-state index contributed by atoms with van der Waals surface area (Å²) in [7, 11) is 0. The highest BCUT2D eigenvalue weighted by Gasteiger charge is 2.21. The van der Waals surface area contributed by atoms with E-state index in [-0.39, 0.29) is 6.10 Å². The first-order chi connectivity index (χ1) is 7.34. The van der Waals surface area contributed by atoms with Crippen LogP contribution in [0.5, 0.6) is 0 Å². The molecule has 1 N–H and O–H groups in total. The molecule has 0 aromatic heterocycles. The van der Waals surface area contributed by atoms with Crippen molar-refractivity contribution in [2.24, 2.45) is 5.92 Å². The van der Waals surface area contributed by atoms with Gasteiger partial charge in [0.15, 0.2) is 0 Å². The van der Waals surface area contributed by atoms with Crippen molar-refractivity contribution in [1.82, 2.24) is 0 Å². The Morgan fingerprint density at radius 2 is 1.53 bits per heavy atom. The van der Waals surface area contributed by atoms with Gasteiger partial charge in [-0.05, 0) is 44.4 Å². The number of hydrogen-bond acceptors (Lipinski definition) is 2. The molecule has 88 valence electrons. The minimum Gasteiger partial charge on any atom is -0.393 e. The molecule has 0 atom stereocenters. The maximum Gasteiger partial charge on any atom is 0.0575 e. The zero-order chi connectivity index (χ0) is 10.5. The van der Waals surface area contributed by atoms with Gasteiger partial charge in [0.2, 0.25) is 0 Å². The fourth-order valence-electron chi connectivity index (χ4n) is 2.82. The molecule has 0 spiro atoms. The van der Waals surface area contributed by atoms with Crippen molar-refractivity contribution in [3.05, 3.63) is 0 Å². The first-order valence-corrected chi connectivity index (χ1v) is 6.64. The van der Waals surface area contributed by atoms with Gasteiger partial charge in [0.25, 0.3) is 0 Å². The van der Waals surface area contributed by atoms with Crippen LogP contribution in [0.1, 0.15) is 57.8 Å². The lowest BCUT2D eigenvalue weighted by molar-refractivity contribution is -0.00860. The van der Waals surface area contributed by atoms with Gasteiger partial charge >= 0.3 is 0 Å². The van der Waals surface area contributed by atoms with E-state index >= 15 is 0 Å². The van der Waals surface area contributed by atoms with Crippen molar-refractivity contribution in [2.75, 3.05) is 6.61 Å². The minimum atomic E-state index is -0.0315. The predicted octanol–water partition coefficient (Wildman–Crippen LogP) is 2.89.